The van der Waals surface area contributed by atoms with Crippen molar-refractivity contribution < 1.29 is 9.90 Å². The third-order valence-electron chi connectivity index (χ3n) is 10.5. The van der Waals surface area contributed by atoms with Crippen LogP contribution in [0.3, 0.4) is 0 Å². The summed E-state index contributed by atoms with van der Waals surface area (Å²) in [6, 6.07) is 0. The van der Waals surface area contributed by atoms with Crippen LogP contribution in [0.2, 0.25) is 0 Å². The number of allylic oxidation sites excluding steroid dienone is 5. The molecule has 0 saturated heterocycles. The molecule has 3 saturated carbocycles. The molecule has 0 spiro atoms. The Labute approximate surface area is 190 Å². The van der Waals surface area contributed by atoms with Crippen molar-refractivity contribution in [2.45, 2.75) is 86.5 Å². The van der Waals surface area contributed by atoms with Crippen molar-refractivity contribution in [2.24, 2.45) is 52.3 Å². The number of hydrogen-bond acceptors (Lipinski definition) is 2. The van der Waals surface area contributed by atoms with E-state index in [0.717, 1.165) is 25.0 Å². The summed E-state index contributed by atoms with van der Waals surface area (Å²) in [5, 5.41) is 9.67. The minimum atomic E-state index is 0.129. The van der Waals surface area contributed by atoms with Crippen LogP contribution in [-0.2, 0) is 4.79 Å². The molecule has 8 atom stereocenters. The van der Waals surface area contributed by atoms with E-state index in [1.807, 2.05) is 0 Å². The number of aliphatic hydroxyl groups excluding tert-OH is 1. The quantitative estimate of drug-likeness (QED) is 0.285. The van der Waals surface area contributed by atoms with Crippen molar-refractivity contribution >= 4 is 5.78 Å². The van der Waals surface area contributed by atoms with Crippen LogP contribution in [0.5, 0.6) is 0 Å². The Morgan fingerprint density at radius 1 is 1.03 bits per heavy atom. The number of carbonyl (C=O) groups excluding carboxylic acids is 1. The summed E-state index contributed by atoms with van der Waals surface area (Å²) in [5.74, 6) is 4.64. The summed E-state index contributed by atoms with van der Waals surface area (Å²) in [4.78, 5) is 12.4. The van der Waals surface area contributed by atoms with Crippen molar-refractivity contribution in [1.29, 1.82) is 0 Å². The number of ketones is 1. The Morgan fingerprint density at radius 2 is 1.74 bits per heavy atom. The molecule has 172 valence electrons. The zero-order valence-electron chi connectivity index (χ0n) is 20.7. The van der Waals surface area contributed by atoms with Gasteiger partial charge in [0.1, 0.15) is 0 Å². The summed E-state index contributed by atoms with van der Waals surface area (Å²) in [7, 11) is 0. The van der Waals surface area contributed by atoms with Gasteiger partial charge in [-0.05, 0) is 90.8 Å². The lowest BCUT2D eigenvalue weighted by atomic mass is 9.47. The zero-order valence-corrected chi connectivity index (χ0v) is 20.7. The summed E-state index contributed by atoms with van der Waals surface area (Å²) in [6.07, 6.45) is 16.3. The molecule has 0 bridgehead atoms. The highest BCUT2D eigenvalue weighted by Gasteiger charge is 2.58. The molecule has 3 fully saturated rings. The van der Waals surface area contributed by atoms with Gasteiger partial charge in [-0.15, -0.1) is 0 Å². The summed E-state index contributed by atoms with van der Waals surface area (Å²) in [5.41, 5.74) is 2.91. The van der Waals surface area contributed by atoms with Crippen LogP contribution in [0.4, 0.5) is 0 Å². The molecular weight excluding hydrogens is 380 g/mol. The fourth-order valence-electron chi connectivity index (χ4n) is 8.00. The Hall–Kier alpha value is -1.31. The molecule has 4 aliphatic rings. The van der Waals surface area contributed by atoms with E-state index >= 15 is 0 Å². The summed E-state index contributed by atoms with van der Waals surface area (Å²) in [6.45, 7) is 14.4. The molecular formula is C29H44O2. The monoisotopic (exact) mass is 424 g/mol. The van der Waals surface area contributed by atoms with Gasteiger partial charge in [0.15, 0.2) is 5.78 Å². The lowest BCUT2D eigenvalue weighted by molar-refractivity contribution is -0.121. The van der Waals surface area contributed by atoms with E-state index < -0.39 is 0 Å². The van der Waals surface area contributed by atoms with Crippen molar-refractivity contribution in [3.05, 3.63) is 35.6 Å². The third kappa shape index (κ3) is 3.66. The highest BCUT2D eigenvalue weighted by Crippen LogP contribution is 2.66. The average molecular weight is 425 g/mol. The molecule has 0 aromatic heterocycles. The van der Waals surface area contributed by atoms with Crippen molar-refractivity contribution in [2.75, 3.05) is 0 Å². The maximum atomic E-state index is 12.4. The predicted molar refractivity (Wildman–Crippen MR) is 129 cm³/mol. The molecule has 4 rings (SSSR count). The van der Waals surface area contributed by atoms with Gasteiger partial charge < -0.3 is 5.11 Å². The number of hydrogen-bond donors (Lipinski definition) is 1. The van der Waals surface area contributed by atoms with Crippen LogP contribution in [0.1, 0.15) is 86.5 Å². The Balaban J connectivity index is 1.57. The molecule has 0 aliphatic heterocycles. The Morgan fingerprint density at radius 3 is 2.42 bits per heavy atom. The number of rotatable bonds is 4. The standard InChI is InChI=1S/C29H44O2/c1-18(2)19(3)7-8-20(4)24-11-12-25-23-10-9-22-15-27(31)21(17-30)16-29(22,6)26(23)13-14-28(24,25)5/h7-8,10,17-20,22,24-26,30H,9,11-16H2,1-6H3. The van der Waals surface area contributed by atoms with Crippen LogP contribution >= 0.6 is 0 Å². The molecule has 0 amide bonds. The smallest absolute Gasteiger partial charge is 0.162 e. The largest absolute Gasteiger partial charge is 0.515 e. The van der Waals surface area contributed by atoms with Gasteiger partial charge in [-0.2, -0.15) is 0 Å². The van der Waals surface area contributed by atoms with E-state index in [4.69, 9.17) is 0 Å². The molecule has 2 heteroatoms. The zero-order chi connectivity index (χ0) is 22.6. The van der Waals surface area contributed by atoms with Crippen LogP contribution in [0.25, 0.3) is 0 Å². The number of aliphatic hydroxyl groups is 1. The Bertz CT molecular complexity index is 802. The van der Waals surface area contributed by atoms with Crippen LogP contribution < -0.4 is 0 Å². The van der Waals surface area contributed by atoms with E-state index in [2.05, 4.69) is 59.8 Å². The first-order valence-electron chi connectivity index (χ1n) is 12.9. The molecule has 0 radical (unpaired) electrons. The van der Waals surface area contributed by atoms with Crippen molar-refractivity contribution in [3.63, 3.8) is 0 Å². The molecule has 0 aromatic carbocycles. The number of Topliss-reactive ketones (excluding diaryl/α,β-unsaturated/α-hetero) is 1. The molecule has 1 N–H and O–H groups in total. The maximum absolute atomic E-state index is 12.4. The van der Waals surface area contributed by atoms with E-state index in [0.29, 0.717) is 52.9 Å². The SMILES string of the molecule is CC(C)C(C)C=CC(C)C1CCC2C3=CCC4CC(=O)C(=CO)CC4(C)C3CCC21C. The number of fused-ring (bicyclic) bond motifs is 5. The van der Waals surface area contributed by atoms with Gasteiger partial charge in [-0.25, -0.2) is 0 Å². The second-order valence-electron chi connectivity index (χ2n) is 12.3. The average Bonchev–Trinajstić information content (AvgIpc) is 3.09. The lowest BCUT2D eigenvalue weighted by Crippen LogP contribution is -2.49. The second kappa shape index (κ2) is 8.23. The van der Waals surface area contributed by atoms with E-state index in [1.54, 1.807) is 5.57 Å². The van der Waals surface area contributed by atoms with Crippen LogP contribution in [-0.4, -0.2) is 10.9 Å². The van der Waals surface area contributed by atoms with Crippen LogP contribution in [0, 0.1) is 52.3 Å². The second-order valence-corrected chi connectivity index (χ2v) is 12.3. The first kappa shape index (κ1) is 22.9. The molecule has 0 aromatic rings. The first-order chi connectivity index (χ1) is 14.6. The van der Waals surface area contributed by atoms with E-state index in [1.165, 1.54) is 25.7 Å². The van der Waals surface area contributed by atoms with Crippen molar-refractivity contribution in [1.82, 2.24) is 0 Å². The highest BCUT2D eigenvalue weighted by molar-refractivity contribution is 5.96. The first-order valence-corrected chi connectivity index (χ1v) is 12.9. The van der Waals surface area contributed by atoms with E-state index in [-0.39, 0.29) is 11.2 Å². The van der Waals surface area contributed by atoms with Gasteiger partial charge in [0, 0.05) is 12.0 Å². The normalized spacial score (nSPS) is 43.5. The summed E-state index contributed by atoms with van der Waals surface area (Å²) >= 11 is 0. The lowest BCUT2D eigenvalue weighted by Gasteiger charge is -2.57. The number of carbonyl (C=O) groups is 1. The topological polar surface area (TPSA) is 37.3 Å². The predicted octanol–water partition coefficient (Wildman–Crippen LogP) is 7.67. The minimum absolute atomic E-state index is 0.129. The molecule has 4 aliphatic carbocycles. The van der Waals surface area contributed by atoms with Gasteiger partial charge in [-0.1, -0.05) is 65.3 Å². The fraction of sp³-hybridized carbons (Fsp3) is 0.759. The third-order valence-corrected chi connectivity index (χ3v) is 10.5. The van der Waals surface area contributed by atoms with Gasteiger partial charge in [0.2, 0.25) is 0 Å². The van der Waals surface area contributed by atoms with Crippen molar-refractivity contribution in [3.8, 4) is 0 Å². The fourth-order valence-corrected chi connectivity index (χ4v) is 8.00. The minimum Gasteiger partial charge on any atom is -0.515 e. The molecule has 0 heterocycles. The Kier molecular flexibility index (Phi) is 6.07. The maximum Gasteiger partial charge on any atom is 0.162 e. The van der Waals surface area contributed by atoms with Gasteiger partial charge >= 0.3 is 0 Å². The molecule has 31 heavy (non-hydrogen) atoms. The summed E-state index contributed by atoms with van der Waals surface area (Å²) < 4.78 is 0. The van der Waals surface area contributed by atoms with Gasteiger partial charge in [-0.3, -0.25) is 4.79 Å². The highest BCUT2D eigenvalue weighted by atomic mass is 16.2. The van der Waals surface area contributed by atoms with E-state index in [9.17, 15) is 9.90 Å². The molecule has 2 nitrogen and oxygen atoms in total. The van der Waals surface area contributed by atoms with Crippen LogP contribution in [0.15, 0.2) is 35.6 Å². The molecule has 8 unspecified atom stereocenters. The van der Waals surface area contributed by atoms with Gasteiger partial charge in [0.25, 0.3) is 0 Å². The van der Waals surface area contributed by atoms with Gasteiger partial charge in [0.05, 0.1) is 6.26 Å².